The summed E-state index contributed by atoms with van der Waals surface area (Å²) in [6, 6.07) is 6.13. The van der Waals surface area contributed by atoms with E-state index < -0.39 is 0 Å². The van der Waals surface area contributed by atoms with Gasteiger partial charge in [-0.1, -0.05) is 0 Å². The first-order valence-electron chi connectivity index (χ1n) is 8.35. The van der Waals surface area contributed by atoms with Gasteiger partial charge in [-0.3, -0.25) is 4.68 Å². The first-order chi connectivity index (χ1) is 11.7. The van der Waals surface area contributed by atoms with Crippen molar-refractivity contribution in [1.82, 2.24) is 15.1 Å². The lowest BCUT2D eigenvalue weighted by Crippen LogP contribution is -2.19. The van der Waals surface area contributed by atoms with E-state index in [1.807, 2.05) is 19.1 Å². The van der Waals surface area contributed by atoms with Gasteiger partial charge in [0.25, 0.3) is 0 Å². The molecule has 0 saturated carbocycles. The number of methoxy groups -OCH3 is 1. The average molecular weight is 331 g/mol. The van der Waals surface area contributed by atoms with Crippen molar-refractivity contribution in [2.45, 2.75) is 33.4 Å². The molecular weight excluding hydrogens is 306 g/mol. The SMILES string of the molecule is COc1cc(CNCCCn2nc(C)cc2C)cc2c1OCCO2. The zero-order chi connectivity index (χ0) is 16.9. The highest BCUT2D eigenvalue weighted by Gasteiger charge is 2.18. The molecule has 1 aromatic heterocycles. The lowest BCUT2D eigenvalue weighted by atomic mass is 10.1. The number of rotatable bonds is 7. The number of fused-ring (bicyclic) bond motifs is 1. The van der Waals surface area contributed by atoms with Crippen LogP contribution in [0.15, 0.2) is 18.2 Å². The van der Waals surface area contributed by atoms with E-state index in [4.69, 9.17) is 14.2 Å². The first-order valence-corrected chi connectivity index (χ1v) is 8.35. The minimum absolute atomic E-state index is 0.563. The van der Waals surface area contributed by atoms with Crippen LogP contribution in [0.3, 0.4) is 0 Å². The standard InChI is InChI=1S/C18H25N3O3/c1-13-9-14(2)21(20-13)6-4-5-19-12-15-10-16(22-3)18-17(11-15)23-7-8-24-18/h9-11,19H,4-8,12H2,1-3H3. The molecule has 0 radical (unpaired) electrons. The number of nitrogens with zero attached hydrogens (tertiary/aromatic N) is 2. The predicted molar refractivity (Wildman–Crippen MR) is 92.0 cm³/mol. The molecular formula is C18H25N3O3. The Morgan fingerprint density at radius 2 is 2.04 bits per heavy atom. The summed E-state index contributed by atoms with van der Waals surface area (Å²) < 4.78 is 18.8. The lowest BCUT2D eigenvalue weighted by molar-refractivity contribution is 0.165. The van der Waals surface area contributed by atoms with Crippen LogP contribution in [0.2, 0.25) is 0 Å². The van der Waals surface area contributed by atoms with Crippen LogP contribution in [0.5, 0.6) is 17.2 Å². The normalized spacial score (nSPS) is 13.1. The van der Waals surface area contributed by atoms with E-state index in [9.17, 15) is 0 Å². The summed E-state index contributed by atoms with van der Waals surface area (Å²) in [5.41, 5.74) is 3.41. The van der Waals surface area contributed by atoms with E-state index >= 15 is 0 Å². The molecule has 0 saturated heterocycles. The summed E-state index contributed by atoms with van der Waals surface area (Å²) in [6.07, 6.45) is 1.03. The maximum absolute atomic E-state index is 5.66. The number of ether oxygens (including phenoxy) is 3. The Balaban J connectivity index is 1.50. The van der Waals surface area contributed by atoms with Gasteiger partial charge in [0, 0.05) is 18.8 Å². The Bertz CT molecular complexity index is 680. The number of aryl methyl sites for hydroxylation is 3. The van der Waals surface area contributed by atoms with Crippen molar-refractivity contribution < 1.29 is 14.2 Å². The Morgan fingerprint density at radius 1 is 1.21 bits per heavy atom. The van der Waals surface area contributed by atoms with Crippen LogP contribution < -0.4 is 19.5 Å². The fourth-order valence-electron chi connectivity index (χ4n) is 2.92. The lowest BCUT2D eigenvalue weighted by Gasteiger charge is -2.21. The van der Waals surface area contributed by atoms with Crippen LogP contribution in [0, 0.1) is 13.8 Å². The molecule has 0 amide bonds. The highest BCUT2D eigenvalue weighted by Crippen LogP contribution is 2.40. The van der Waals surface area contributed by atoms with E-state index in [1.165, 1.54) is 5.69 Å². The monoisotopic (exact) mass is 331 g/mol. The van der Waals surface area contributed by atoms with Gasteiger partial charge in [0.05, 0.1) is 12.8 Å². The summed E-state index contributed by atoms with van der Waals surface area (Å²) in [5, 5.41) is 7.94. The van der Waals surface area contributed by atoms with Crippen LogP contribution in [0.4, 0.5) is 0 Å². The number of hydrogen-bond acceptors (Lipinski definition) is 5. The summed E-state index contributed by atoms with van der Waals surface area (Å²) in [5.74, 6) is 2.20. The van der Waals surface area contributed by atoms with Crippen LogP contribution in [-0.4, -0.2) is 36.6 Å². The Kier molecular flexibility index (Phi) is 5.25. The van der Waals surface area contributed by atoms with Gasteiger partial charge in [-0.05, 0) is 50.6 Å². The molecule has 24 heavy (non-hydrogen) atoms. The highest BCUT2D eigenvalue weighted by atomic mass is 16.6. The minimum atomic E-state index is 0.563. The fourth-order valence-corrected chi connectivity index (χ4v) is 2.92. The van der Waals surface area contributed by atoms with Gasteiger partial charge in [0.1, 0.15) is 13.2 Å². The van der Waals surface area contributed by atoms with Gasteiger partial charge in [-0.25, -0.2) is 0 Å². The largest absolute Gasteiger partial charge is 0.493 e. The summed E-state index contributed by atoms with van der Waals surface area (Å²) in [4.78, 5) is 0. The maximum Gasteiger partial charge on any atom is 0.203 e. The van der Waals surface area contributed by atoms with Gasteiger partial charge >= 0.3 is 0 Å². The van der Waals surface area contributed by atoms with E-state index in [0.29, 0.717) is 19.0 Å². The third-order valence-corrected chi connectivity index (χ3v) is 4.04. The number of aromatic nitrogens is 2. The molecule has 1 N–H and O–H groups in total. The Morgan fingerprint density at radius 3 is 2.79 bits per heavy atom. The van der Waals surface area contributed by atoms with Crippen molar-refractivity contribution >= 4 is 0 Å². The smallest absolute Gasteiger partial charge is 0.203 e. The second-order valence-corrected chi connectivity index (χ2v) is 6.00. The molecule has 0 unspecified atom stereocenters. The minimum Gasteiger partial charge on any atom is -0.493 e. The molecule has 3 rings (SSSR count). The second-order valence-electron chi connectivity index (χ2n) is 6.00. The second kappa shape index (κ2) is 7.57. The van der Waals surface area contributed by atoms with Crippen molar-refractivity contribution in [2.75, 3.05) is 26.9 Å². The van der Waals surface area contributed by atoms with E-state index in [1.54, 1.807) is 7.11 Å². The van der Waals surface area contributed by atoms with E-state index in [0.717, 1.165) is 48.8 Å². The van der Waals surface area contributed by atoms with Gasteiger partial charge in [-0.15, -0.1) is 0 Å². The number of hydrogen-bond donors (Lipinski definition) is 1. The van der Waals surface area contributed by atoms with Crippen LogP contribution in [0.25, 0.3) is 0 Å². The molecule has 130 valence electrons. The molecule has 0 atom stereocenters. The molecule has 1 aliphatic heterocycles. The number of nitrogens with one attached hydrogen (secondary N) is 1. The molecule has 1 aromatic carbocycles. The highest BCUT2D eigenvalue weighted by molar-refractivity contribution is 5.54. The topological polar surface area (TPSA) is 57.5 Å². The van der Waals surface area contributed by atoms with Crippen LogP contribution >= 0.6 is 0 Å². The maximum atomic E-state index is 5.66. The zero-order valence-electron chi connectivity index (χ0n) is 14.6. The summed E-state index contributed by atoms with van der Waals surface area (Å²) in [6.45, 7) is 7.88. The summed E-state index contributed by atoms with van der Waals surface area (Å²) >= 11 is 0. The van der Waals surface area contributed by atoms with Crippen molar-refractivity contribution in [1.29, 1.82) is 0 Å². The van der Waals surface area contributed by atoms with Crippen LogP contribution in [-0.2, 0) is 13.1 Å². The van der Waals surface area contributed by atoms with Crippen molar-refractivity contribution in [3.05, 3.63) is 35.2 Å². The van der Waals surface area contributed by atoms with Crippen molar-refractivity contribution in [2.24, 2.45) is 0 Å². The van der Waals surface area contributed by atoms with Gasteiger partial charge in [0.15, 0.2) is 11.5 Å². The van der Waals surface area contributed by atoms with Crippen LogP contribution in [0.1, 0.15) is 23.4 Å². The van der Waals surface area contributed by atoms with Gasteiger partial charge < -0.3 is 19.5 Å². The third kappa shape index (κ3) is 3.82. The molecule has 2 heterocycles. The van der Waals surface area contributed by atoms with Gasteiger partial charge in [-0.2, -0.15) is 5.10 Å². The van der Waals surface area contributed by atoms with E-state index in [-0.39, 0.29) is 0 Å². The summed E-state index contributed by atoms with van der Waals surface area (Å²) in [7, 11) is 1.65. The molecule has 0 spiro atoms. The van der Waals surface area contributed by atoms with E-state index in [2.05, 4.69) is 28.1 Å². The average Bonchev–Trinajstić information content (AvgIpc) is 2.91. The molecule has 2 aromatic rings. The van der Waals surface area contributed by atoms with Crippen molar-refractivity contribution in [3.63, 3.8) is 0 Å². The molecule has 1 aliphatic rings. The Labute approximate surface area is 142 Å². The van der Waals surface area contributed by atoms with Gasteiger partial charge in [0.2, 0.25) is 5.75 Å². The predicted octanol–water partition coefficient (Wildman–Crippen LogP) is 2.46. The first kappa shape index (κ1) is 16.6. The molecule has 0 aliphatic carbocycles. The molecule has 0 bridgehead atoms. The molecule has 0 fully saturated rings. The molecule has 6 nitrogen and oxygen atoms in total. The third-order valence-electron chi connectivity index (χ3n) is 4.04. The zero-order valence-corrected chi connectivity index (χ0v) is 14.6. The fraction of sp³-hybridized carbons (Fsp3) is 0.500. The molecule has 6 heteroatoms. The van der Waals surface area contributed by atoms with Crippen molar-refractivity contribution in [3.8, 4) is 17.2 Å². The number of benzene rings is 1. The Hall–Kier alpha value is -2.21. The quantitative estimate of drug-likeness (QED) is 0.790.